The first-order valence-electron chi connectivity index (χ1n) is 6.55. The smallest absolute Gasteiger partial charge is 0.119 e. The maximum atomic E-state index is 6.01. The molecule has 1 aromatic rings. The average molecular weight is 233 g/mol. The molecule has 0 atom stereocenters. The van der Waals surface area contributed by atoms with Gasteiger partial charge in [0.25, 0.3) is 0 Å². The van der Waals surface area contributed by atoms with E-state index in [2.05, 4.69) is 13.8 Å². The zero-order valence-electron chi connectivity index (χ0n) is 10.9. The predicted octanol–water partition coefficient (Wildman–Crippen LogP) is 3.49. The molecule has 0 bridgehead atoms. The van der Waals surface area contributed by atoms with Crippen molar-refractivity contribution in [1.82, 2.24) is 0 Å². The number of hydrogen-bond acceptors (Lipinski definition) is 2. The van der Waals surface area contributed by atoms with Gasteiger partial charge < -0.3 is 10.5 Å². The van der Waals surface area contributed by atoms with Crippen molar-refractivity contribution in [3.05, 3.63) is 29.8 Å². The Balaban J connectivity index is 1.89. The Labute approximate surface area is 104 Å². The highest BCUT2D eigenvalue weighted by Crippen LogP contribution is 2.36. The molecule has 1 saturated carbocycles. The van der Waals surface area contributed by atoms with Crippen molar-refractivity contribution in [2.75, 3.05) is 0 Å². The van der Waals surface area contributed by atoms with Gasteiger partial charge in [-0.1, -0.05) is 26.0 Å². The molecule has 0 aliphatic heterocycles. The maximum Gasteiger partial charge on any atom is 0.119 e. The third-order valence-electron chi connectivity index (χ3n) is 3.75. The van der Waals surface area contributed by atoms with Gasteiger partial charge in [0, 0.05) is 6.54 Å². The summed E-state index contributed by atoms with van der Waals surface area (Å²) in [4.78, 5) is 0. The minimum absolute atomic E-state index is 0.395. The van der Waals surface area contributed by atoms with E-state index in [0.29, 0.717) is 18.1 Å². The molecule has 0 saturated heterocycles. The number of nitrogens with two attached hydrogens (primary N) is 1. The van der Waals surface area contributed by atoms with Crippen molar-refractivity contribution in [3.63, 3.8) is 0 Å². The molecular formula is C15H23NO. The fourth-order valence-corrected chi connectivity index (χ4v) is 2.39. The van der Waals surface area contributed by atoms with Crippen LogP contribution < -0.4 is 10.5 Å². The molecule has 0 aromatic heterocycles. The molecule has 2 nitrogen and oxygen atoms in total. The predicted molar refractivity (Wildman–Crippen MR) is 71.0 cm³/mol. The molecule has 2 N–H and O–H groups in total. The summed E-state index contributed by atoms with van der Waals surface area (Å²) in [6, 6.07) is 8.15. The van der Waals surface area contributed by atoms with Crippen LogP contribution in [0.25, 0.3) is 0 Å². The zero-order valence-corrected chi connectivity index (χ0v) is 10.9. The molecule has 0 spiro atoms. The van der Waals surface area contributed by atoms with E-state index in [-0.39, 0.29) is 0 Å². The average Bonchev–Trinajstić information content (AvgIpc) is 2.33. The van der Waals surface area contributed by atoms with Crippen LogP contribution in [0, 0.1) is 5.41 Å². The molecule has 0 radical (unpaired) electrons. The second-order valence-electron chi connectivity index (χ2n) is 5.83. The van der Waals surface area contributed by atoms with Crippen molar-refractivity contribution >= 4 is 0 Å². The van der Waals surface area contributed by atoms with Gasteiger partial charge in [0.05, 0.1) is 6.10 Å². The Morgan fingerprint density at radius 1 is 1.18 bits per heavy atom. The summed E-state index contributed by atoms with van der Waals surface area (Å²) >= 11 is 0. The van der Waals surface area contributed by atoms with E-state index in [4.69, 9.17) is 10.5 Å². The lowest BCUT2D eigenvalue weighted by Gasteiger charge is -2.34. The Bertz CT molecular complexity index is 346. The fraction of sp³-hybridized carbons (Fsp3) is 0.600. The van der Waals surface area contributed by atoms with Crippen LogP contribution in [0.2, 0.25) is 0 Å². The third kappa shape index (κ3) is 3.47. The molecule has 2 rings (SSSR count). The van der Waals surface area contributed by atoms with Crippen molar-refractivity contribution < 1.29 is 4.74 Å². The van der Waals surface area contributed by atoms with Crippen LogP contribution in [-0.2, 0) is 6.54 Å². The highest BCUT2D eigenvalue weighted by Gasteiger charge is 2.27. The minimum Gasteiger partial charge on any atom is -0.490 e. The fourth-order valence-electron chi connectivity index (χ4n) is 2.39. The van der Waals surface area contributed by atoms with E-state index >= 15 is 0 Å². The monoisotopic (exact) mass is 233 g/mol. The van der Waals surface area contributed by atoms with E-state index in [1.807, 2.05) is 24.3 Å². The van der Waals surface area contributed by atoms with Crippen LogP contribution in [0.4, 0.5) is 0 Å². The number of rotatable bonds is 3. The highest BCUT2D eigenvalue weighted by molar-refractivity contribution is 5.27. The molecule has 0 heterocycles. The van der Waals surface area contributed by atoms with Gasteiger partial charge in [0.1, 0.15) is 5.75 Å². The van der Waals surface area contributed by atoms with Crippen LogP contribution in [0.15, 0.2) is 24.3 Å². The van der Waals surface area contributed by atoms with Crippen LogP contribution in [0.3, 0.4) is 0 Å². The lowest BCUT2D eigenvalue weighted by molar-refractivity contribution is 0.0987. The van der Waals surface area contributed by atoms with Crippen molar-refractivity contribution in [2.24, 2.45) is 11.1 Å². The quantitative estimate of drug-likeness (QED) is 0.867. The van der Waals surface area contributed by atoms with Gasteiger partial charge in [0.2, 0.25) is 0 Å². The maximum absolute atomic E-state index is 6.01. The number of hydrogen-bond donors (Lipinski definition) is 1. The lowest BCUT2D eigenvalue weighted by Crippen LogP contribution is -2.28. The topological polar surface area (TPSA) is 35.2 Å². The minimum atomic E-state index is 0.395. The van der Waals surface area contributed by atoms with E-state index in [9.17, 15) is 0 Å². The first-order chi connectivity index (χ1) is 8.09. The first-order valence-corrected chi connectivity index (χ1v) is 6.55. The van der Waals surface area contributed by atoms with Gasteiger partial charge in [-0.3, -0.25) is 0 Å². The summed E-state index contributed by atoms with van der Waals surface area (Å²) in [6.45, 7) is 5.29. The highest BCUT2D eigenvalue weighted by atomic mass is 16.5. The van der Waals surface area contributed by atoms with Gasteiger partial charge in [-0.05, 0) is 48.8 Å². The largest absolute Gasteiger partial charge is 0.490 e. The first kappa shape index (κ1) is 12.4. The van der Waals surface area contributed by atoms with Crippen molar-refractivity contribution in [3.8, 4) is 5.75 Å². The standard InChI is InChI=1S/C15H23NO/c1-15(2)9-7-14(8-10-15)17-13-5-3-12(11-16)4-6-13/h3-6,14H,7-11,16H2,1-2H3. The van der Waals surface area contributed by atoms with Crippen LogP contribution >= 0.6 is 0 Å². The van der Waals surface area contributed by atoms with Crippen LogP contribution in [0.5, 0.6) is 5.75 Å². The normalized spacial score (nSPS) is 20.2. The van der Waals surface area contributed by atoms with Crippen LogP contribution in [-0.4, -0.2) is 6.10 Å². The molecule has 1 aliphatic rings. The summed E-state index contributed by atoms with van der Waals surface area (Å²) in [6.07, 6.45) is 5.26. The molecule has 1 fully saturated rings. The molecule has 1 aromatic carbocycles. The number of ether oxygens (including phenoxy) is 1. The summed E-state index contributed by atoms with van der Waals surface area (Å²) in [5, 5.41) is 0. The molecule has 1 aliphatic carbocycles. The lowest BCUT2D eigenvalue weighted by atomic mass is 9.76. The summed E-state index contributed by atoms with van der Waals surface area (Å²) < 4.78 is 6.01. The Kier molecular flexibility index (Phi) is 3.72. The Hall–Kier alpha value is -1.02. The SMILES string of the molecule is CC1(C)CCC(Oc2ccc(CN)cc2)CC1. The van der Waals surface area contributed by atoms with Gasteiger partial charge >= 0.3 is 0 Å². The van der Waals surface area contributed by atoms with E-state index in [1.54, 1.807) is 0 Å². The summed E-state index contributed by atoms with van der Waals surface area (Å²) in [5.74, 6) is 0.979. The Morgan fingerprint density at radius 2 is 1.76 bits per heavy atom. The summed E-state index contributed by atoms with van der Waals surface area (Å²) in [5.41, 5.74) is 7.23. The summed E-state index contributed by atoms with van der Waals surface area (Å²) in [7, 11) is 0. The zero-order chi connectivity index (χ0) is 12.3. The second kappa shape index (κ2) is 5.09. The van der Waals surface area contributed by atoms with E-state index in [1.165, 1.54) is 25.7 Å². The molecule has 2 heteroatoms. The van der Waals surface area contributed by atoms with Gasteiger partial charge in [0.15, 0.2) is 0 Å². The van der Waals surface area contributed by atoms with Crippen LogP contribution in [0.1, 0.15) is 45.1 Å². The van der Waals surface area contributed by atoms with Gasteiger partial charge in [-0.2, -0.15) is 0 Å². The number of benzene rings is 1. The van der Waals surface area contributed by atoms with E-state index < -0.39 is 0 Å². The Morgan fingerprint density at radius 3 is 2.29 bits per heavy atom. The van der Waals surface area contributed by atoms with Gasteiger partial charge in [-0.15, -0.1) is 0 Å². The molecular weight excluding hydrogens is 210 g/mol. The van der Waals surface area contributed by atoms with Crippen molar-refractivity contribution in [2.45, 2.75) is 52.2 Å². The van der Waals surface area contributed by atoms with Gasteiger partial charge in [-0.25, -0.2) is 0 Å². The van der Waals surface area contributed by atoms with Crippen molar-refractivity contribution in [1.29, 1.82) is 0 Å². The molecule has 0 unspecified atom stereocenters. The molecule has 94 valence electrons. The third-order valence-corrected chi connectivity index (χ3v) is 3.75. The second-order valence-corrected chi connectivity index (χ2v) is 5.83. The molecule has 0 amide bonds. The molecule has 17 heavy (non-hydrogen) atoms. The van der Waals surface area contributed by atoms with E-state index in [0.717, 1.165) is 11.3 Å².